The van der Waals surface area contributed by atoms with Gasteiger partial charge < -0.3 is 5.32 Å². The molecule has 0 fully saturated rings. The van der Waals surface area contributed by atoms with Gasteiger partial charge in [0, 0.05) is 22.6 Å². The second-order valence-corrected chi connectivity index (χ2v) is 7.26. The molecule has 5 rings (SSSR count). The molecule has 2 aliphatic rings. The van der Waals surface area contributed by atoms with Crippen LogP contribution in [0.4, 0.5) is 5.82 Å². The van der Waals surface area contributed by atoms with Gasteiger partial charge in [-0.05, 0) is 30.5 Å². The third-order valence-electron chi connectivity index (χ3n) is 5.63. The van der Waals surface area contributed by atoms with Crippen LogP contribution in [-0.2, 0) is 0 Å². The van der Waals surface area contributed by atoms with Crippen molar-refractivity contribution in [2.45, 2.75) is 19.8 Å². The Labute approximate surface area is 160 Å². The number of aryl methyl sites for hydroxylation is 2. The summed E-state index contributed by atoms with van der Waals surface area (Å²) in [4.78, 5) is 42.9. The van der Waals surface area contributed by atoms with Crippen LogP contribution in [0, 0.1) is 13.8 Å². The number of aromatic nitrogens is 2. The highest BCUT2D eigenvalue weighted by molar-refractivity contribution is 6.23. The molecular weight excluding hydrogens is 354 g/mol. The third kappa shape index (κ3) is 2.18. The molecule has 1 aliphatic carbocycles. The van der Waals surface area contributed by atoms with Gasteiger partial charge >= 0.3 is 5.69 Å². The van der Waals surface area contributed by atoms with Gasteiger partial charge in [-0.2, -0.15) is 0 Å². The van der Waals surface area contributed by atoms with Gasteiger partial charge in [-0.1, -0.05) is 42.5 Å². The van der Waals surface area contributed by atoms with E-state index in [1.165, 1.54) is 0 Å². The van der Waals surface area contributed by atoms with Crippen LogP contribution in [0.1, 0.15) is 44.1 Å². The van der Waals surface area contributed by atoms with Gasteiger partial charge in [-0.3, -0.25) is 19.6 Å². The van der Waals surface area contributed by atoms with E-state index in [-0.39, 0.29) is 5.78 Å². The molecule has 0 radical (unpaired) electrons. The van der Waals surface area contributed by atoms with Gasteiger partial charge in [0.2, 0.25) is 0 Å². The first-order valence-corrected chi connectivity index (χ1v) is 9.04. The molecule has 138 valence electrons. The fourth-order valence-corrected chi connectivity index (χ4v) is 4.13. The molecule has 0 saturated heterocycles. The van der Waals surface area contributed by atoms with Crippen molar-refractivity contribution >= 4 is 17.3 Å². The summed E-state index contributed by atoms with van der Waals surface area (Å²) < 4.78 is 0. The highest BCUT2D eigenvalue weighted by atomic mass is 16.2. The second-order valence-electron chi connectivity index (χ2n) is 7.26. The fraction of sp³-hybridized carbons (Fsp3) is 0.136. The van der Waals surface area contributed by atoms with E-state index in [4.69, 9.17) is 0 Å². The highest BCUT2D eigenvalue weighted by Gasteiger charge is 2.41. The molecule has 0 saturated carbocycles. The summed E-state index contributed by atoms with van der Waals surface area (Å²) in [6.07, 6.45) is 0. The number of carbonyl (C=O) groups is 1. The summed E-state index contributed by atoms with van der Waals surface area (Å²) in [7, 11) is 0. The van der Waals surface area contributed by atoms with Crippen LogP contribution < -0.4 is 16.6 Å². The van der Waals surface area contributed by atoms with Crippen molar-refractivity contribution in [1.82, 2.24) is 9.97 Å². The Morgan fingerprint density at radius 1 is 0.857 bits per heavy atom. The fourth-order valence-electron chi connectivity index (χ4n) is 4.13. The Morgan fingerprint density at radius 3 is 2.36 bits per heavy atom. The van der Waals surface area contributed by atoms with Crippen molar-refractivity contribution in [3.05, 3.63) is 102 Å². The van der Waals surface area contributed by atoms with Gasteiger partial charge in [-0.15, -0.1) is 0 Å². The number of Topliss-reactive ketones (excluding diaryl/α,β-unsaturated/α-hetero) is 1. The van der Waals surface area contributed by atoms with Gasteiger partial charge in [-0.25, -0.2) is 4.79 Å². The molecule has 3 aromatic rings. The van der Waals surface area contributed by atoms with Gasteiger partial charge in [0.25, 0.3) is 5.56 Å². The van der Waals surface area contributed by atoms with Crippen molar-refractivity contribution in [3.8, 4) is 0 Å². The second kappa shape index (κ2) is 5.66. The number of H-pyrrole nitrogens is 2. The first-order chi connectivity index (χ1) is 13.5. The van der Waals surface area contributed by atoms with E-state index in [9.17, 15) is 14.4 Å². The van der Waals surface area contributed by atoms with E-state index in [2.05, 4.69) is 15.3 Å². The monoisotopic (exact) mass is 371 g/mol. The Hall–Kier alpha value is -3.67. The lowest BCUT2D eigenvalue weighted by Crippen LogP contribution is -2.33. The number of rotatable bonds is 1. The minimum atomic E-state index is -0.586. The molecule has 1 aliphatic heterocycles. The summed E-state index contributed by atoms with van der Waals surface area (Å²) >= 11 is 0. The summed E-state index contributed by atoms with van der Waals surface area (Å²) in [6.45, 7) is 4.01. The molecule has 6 heteroatoms. The van der Waals surface area contributed by atoms with Gasteiger partial charge in [0.05, 0.1) is 11.3 Å². The first kappa shape index (κ1) is 16.5. The Kier molecular flexibility index (Phi) is 3.34. The van der Waals surface area contributed by atoms with Crippen molar-refractivity contribution < 1.29 is 4.79 Å². The predicted octanol–water partition coefficient (Wildman–Crippen LogP) is 2.85. The summed E-state index contributed by atoms with van der Waals surface area (Å²) in [5, 5.41) is 3.14. The summed E-state index contributed by atoms with van der Waals surface area (Å²) in [5.74, 6) is -0.330. The number of carbonyl (C=O) groups excluding carboxylic acids is 1. The van der Waals surface area contributed by atoms with Crippen LogP contribution in [0.3, 0.4) is 0 Å². The number of benzene rings is 2. The first-order valence-electron chi connectivity index (χ1n) is 9.04. The highest BCUT2D eigenvalue weighted by Crippen LogP contribution is 2.47. The zero-order valence-electron chi connectivity index (χ0n) is 15.3. The van der Waals surface area contributed by atoms with Crippen molar-refractivity contribution in [2.24, 2.45) is 0 Å². The third-order valence-corrected chi connectivity index (χ3v) is 5.63. The molecular formula is C22H17N3O3. The van der Waals surface area contributed by atoms with E-state index in [1.807, 2.05) is 50.2 Å². The maximum atomic E-state index is 13.3. The van der Waals surface area contributed by atoms with E-state index in [0.29, 0.717) is 28.2 Å². The topological polar surface area (TPSA) is 94.8 Å². The van der Waals surface area contributed by atoms with Crippen molar-refractivity contribution in [2.75, 3.05) is 5.32 Å². The minimum Gasteiger partial charge on any atom is -0.340 e. The maximum Gasteiger partial charge on any atom is 0.327 e. The van der Waals surface area contributed by atoms with Crippen LogP contribution in [0.15, 0.2) is 57.6 Å². The molecule has 2 aromatic carbocycles. The number of nitrogens with one attached hydrogen (secondary N) is 3. The number of ketones is 1. The van der Waals surface area contributed by atoms with Crippen LogP contribution in [0.2, 0.25) is 0 Å². The maximum absolute atomic E-state index is 13.3. The number of allylic oxidation sites excluding steroid dienone is 1. The predicted molar refractivity (Wildman–Crippen MR) is 107 cm³/mol. The molecule has 2 heterocycles. The molecule has 1 atom stereocenters. The molecule has 6 nitrogen and oxygen atoms in total. The van der Waals surface area contributed by atoms with Crippen LogP contribution in [0.25, 0.3) is 5.70 Å². The Balaban J connectivity index is 1.85. The number of aromatic amines is 2. The minimum absolute atomic E-state index is 0.0995. The molecule has 0 unspecified atom stereocenters. The van der Waals surface area contributed by atoms with Crippen molar-refractivity contribution in [3.63, 3.8) is 0 Å². The van der Waals surface area contributed by atoms with E-state index in [0.717, 1.165) is 22.3 Å². The SMILES string of the molecule is Cc1ccc([C@@H]2C3=C(Nc4[nH]c(=O)[nH]c(=O)c42)c2ccccc2C3=O)cc1C. The molecule has 0 spiro atoms. The summed E-state index contributed by atoms with van der Waals surface area (Å²) in [6, 6.07) is 13.3. The average molecular weight is 371 g/mol. The zero-order chi connectivity index (χ0) is 19.6. The standard InChI is InChI=1S/C22H17N3O3/c1-10-7-8-12(9-11(10)2)15-16-18(13-5-3-4-6-14(13)19(16)26)23-20-17(15)21(27)25-22(28)24-20/h3-9,15H,1-2H3,(H3,23,24,25,27,28)/t15-/m1/s1. The number of hydrogen-bond acceptors (Lipinski definition) is 4. The van der Waals surface area contributed by atoms with E-state index >= 15 is 0 Å². The molecule has 3 N–H and O–H groups in total. The lowest BCUT2D eigenvalue weighted by molar-refractivity contribution is 0.103. The Morgan fingerprint density at radius 2 is 1.61 bits per heavy atom. The van der Waals surface area contributed by atoms with Gasteiger partial charge in [0.15, 0.2) is 5.78 Å². The lowest BCUT2D eigenvalue weighted by atomic mass is 9.81. The number of anilines is 1. The zero-order valence-corrected chi connectivity index (χ0v) is 15.3. The molecule has 0 bridgehead atoms. The number of hydrogen-bond donors (Lipinski definition) is 3. The van der Waals surface area contributed by atoms with Gasteiger partial charge in [0.1, 0.15) is 5.82 Å². The molecule has 1 aromatic heterocycles. The lowest BCUT2D eigenvalue weighted by Gasteiger charge is -2.27. The average Bonchev–Trinajstić information content (AvgIpc) is 2.95. The number of fused-ring (bicyclic) bond motifs is 3. The van der Waals surface area contributed by atoms with Crippen LogP contribution in [-0.4, -0.2) is 15.8 Å². The van der Waals surface area contributed by atoms with E-state index < -0.39 is 17.2 Å². The summed E-state index contributed by atoms with van der Waals surface area (Å²) in [5.41, 5.74) is 4.88. The van der Waals surface area contributed by atoms with E-state index in [1.54, 1.807) is 6.07 Å². The normalized spacial score (nSPS) is 17.1. The van der Waals surface area contributed by atoms with Crippen molar-refractivity contribution in [1.29, 1.82) is 0 Å². The quantitative estimate of drug-likeness (QED) is 0.613. The smallest absolute Gasteiger partial charge is 0.327 e. The van der Waals surface area contributed by atoms with Crippen LogP contribution >= 0.6 is 0 Å². The Bertz CT molecular complexity index is 1330. The molecule has 28 heavy (non-hydrogen) atoms. The largest absolute Gasteiger partial charge is 0.340 e. The van der Waals surface area contributed by atoms with Crippen LogP contribution in [0.5, 0.6) is 0 Å². The molecule has 0 amide bonds.